The minimum atomic E-state index is -0.507. The van der Waals surface area contributed by atoms with Crippen LogP contribution in [0.3, 0.4) is 0 Å². The highest BCUT2D eigenvalue weighted by molar-refractivity contribution is 6.10. The van der Waals surface area contributed by atoms with Crippen LogP contribution in [-0.2, 0) is 16.6 Å². The normalized spacial score (nSPS) is 19.9. The number of rotatable bonds is 7. The first-order chi connectivity index (χ1) is 22.7. The predicted octanol–water partition coefficient (Wildman–Crippen LogP) is 4.05. The molecule has 0 radical (unpaired) electrons. The highest BCUT2D eigenvalue weighted by Crippen LogP contribution is 2.42. The third-order valence-corrected chi connectivity index (χ3v) is 9.78. The Hall–Kier alpha value is -5.03. The van der Waals surface area contributed by atoms with Crippen molar-refractivity contribution >= 4 is 28.9 Å². The van der Waals surface area contributed by atoms with Crippen molar-refractivity contribution < 1.29 is 9.59 Å². The molecule has 1 atom stereocenters. The van der Waals surface area contributed by atoms with E-state index in [1.54, 1.807) is 22.1 Å². The molecular formula is C36H39N9O2. The number of anilines is 1. The summed E-state index contributed by atoms with van der Waals surface area (Å²) in [7, 11) is 1.86. The number of aromatic nitrogens is 5. The van der Waals surface area contributed by atoms with Gasteiger partial charge in [-0.25, -0.2) is 9.97 Å². The van der Waals surface area contributed by atoms with Gasteiger partial charge in [0.2, 0.25) is 11.8 Å². The van der Waals surface area contributed by atoms with Crippen LogP contribution in [-0.4, -0.2) is 91.3 Å². The lowest BCUT2D eigenvalue weighted by Gasteiger charge is -2.29. The zero-order valence-electron chi connectivity index (χ0n) is 27.1. The standard InChI is InChI=1S/C36H39N9O2/c1-24-4-11-30(40-33(24)32(37)29-6-5-25(2)38-20-29)45-19-15-36(35(45)47)14-18-43(22-36)21-31(46)44-16-12-27(13-17-44)26-7-9-28(10-8-26)34-39-23-42(3)41-34/h4-12,20,23,37H,13-19,21-22H2,1-3H3/t36-/m0/s1. The number of hydrogen-bond donors (Lipinski definition) is 1. The van der Waals surface area contributed by atoms with Crippen LogP contribution in [0.15, 0.2) is 67.1 Å². The maximum absolute atomic E-state index is 13.9. The van der Waals surface area contributed by atoms with Gasteiger partial charge in [-0.2, -0.15) is 5.10 Å². The number of nitrogens with zero attached hydrogens (tertiary/aromatic N) is 8. The number of pyridine rings is 2. The van der Waals surface area contributed by atoms with E-state index in [1.807, 2.05) is 62.2 Å². The van der Waals surface area contributed by atoms with Crippen LogP contribution >= 0.6 is 0 Å². The van der Waals surface area contributed by atoms with Crippen LogP contribution < -0.4 is 4.90 Å². The summed E-state index contributed by atoms with van der Waals surface area (Å²) in [5, 5.41) is 13.1. The largest absolute Gasteiger partial charge is 0.338 e. The van der Waals surface area contributed by atoms with Gasteiger partial charge in [0.1, 0.15) is 12.1 Å². The van der Waals surface area contributed by atoms with E-state index in [-0.39, 0.29) is 11.8 Å². The molecule has 47 heavy (non-hydrogen) atoms. The van der Waals surface area contributed by atoms with Crippen LogP contribution in [0.2, 0.25) is 0 Å². The Morgan fingerprint density at radius 1 is 0.957 bits per heavy atom. The van der Waals surface area contributed by atoms with Crippen molar-refractivity contribution in [1.82, 2.24) is 34.5 Å². The van der Waals surface area contributed by atoms with Crippen molar-refractivity contribution in [3.8, 4) is 11.4 Å². The predicted molar refractivity (Wildman–Crippen MR) is 180 cm³/mol. The van der Waals surface area contributed by atoms with E-state index < -0.39 is 5.41 Å². The summed E-state index contributed by atoms with van der Waals surface area (Å²) < 4.78 is 1.69. The lowest BCUT2D eigenvalue weighted by atomic mass is 9.85. The molecule has 3 aliphatic rings. The van der Waals surface area contributed by atoms with Crippen molar-refractivity contribution in [2.75, 3.05) is 44.2 Å². The zero-order valence-corrected chi connectivity index (χ0v) is 27.1. The van der Waals surface area contributed by atoms with Crippen LogP contribution in [0.5, 0.6) is 0 Å². The second-order valence-corrected chi connectivity index (χ2v) is 13.0. The first kappa shape index (κ1) is 30.6. The van der Waals surface area contributed by atoms with E-state index in [9.17, 15) is 9.59 Å². The maximum atomic E-state index is 13.9. The number of likely N-dealkylation sites (tertiary alicyclic amines) is 1. The van der Waals surface area contributed by atoms with Gasteiger partial charge in [0.15, 0.2) is 5.82 Å². The monoisotopic (exact) mass is 629 g/mol. The number of benzene rings is 1. The minimum Gasteiger partial charge on any atom is -0.338 e. The second-order valence-electron chi connectivity index (χ2n) is 13.0. The Balaban J connectivity index is 0.958. The van der Waals surface area contributed by atoms with Gasteiger partial charge in [-0.3, -0.25) is 34.5 Å². The summed E-state index contributed by atoms with van der Waals surface area (Å²) in [6.07, 6.45) is 7.79. The van der Waals surface area contributed by atoms with E-state index in [1.165, 1.54) is 5.57 Å². The van der Waals surface area contributed by atoms with E-state index in [4.69, 9.17) is 10.4 Å². The molecule has 6 heterocycles. The molecule has 3 aromatic heterocycles. The van der Waals surface area contributed by atoms with Gasteiger partial charge in [0.05, 0.1) is 23.4 Å². The molecule has 2 fully saturated rings. The molecule has 2 saturated heterocycles. The first-order valence-electron chi connectivity index (χ1n) is 16.2. The Morgan fingerprint density at radius 2 is 1.74 bits per heavy atom. The lowest BCUT2D eigenvalue weighted by Crippen LogP contribution is -2.43. The smallest absolute Gasteiger partial charge is 0.237 e. The quantitative estimate of drug-likeness (QED) is 0.306. The Labute approximate surface area is 274 Å². The molecule has 1 N–H and O–H groups in total. The third kappa shape index (κ3) is 5.98. The Morgan fingerprint density at radius 3 is 2.45 bits per heavy atom. The third-order valence-electron chi connectivity index (χ3n) is 9.78. The van der Waals surface area contributed by atoms with Gasteiger partial charge in [-0.05, 0) is 74.6 Å². The van der Waals surface area contributed by atoms with E-state index in [0.29, 0.717) is 61.3 Å². The number of carbonyl (C=O) groups is 2. The fourth-order valence-electron chi connectivity index (χ4n) is 6.94. The molecular weight excluding hydrogens is 590 g/mol. The number of aryl methyl sites for hydroxylation is 3. The van der Waals surface area contributed by atoms with Crippen molar-refractivity contribution in [3.63, 3.8) is 0 Å². The Bertz CT molecular complexity index is 1880. The van der Waals surface area contributed by atoms with Crippen molar-refractivity contribution in [3.05, 3.63) is 95.2 Å². The van der Waals surface area contributed by atoms with Crippen LogP contribution in [0, 0.1) is 24.7 Å². The Kier molecular flexibility index (Phi) is 8.01. The summed E-state index contributed by atoms with van der Waals surface area (Å²) in [6.45, 7) is 7.29. The lowest BCUT2D eigenvalue weighted by molar-refractivity contribution is -0.132. The van der Waals surface area contributed by atoms with Crippen molar-refractivity contribution in [2.24, 2.45) is 12.5 Å². The highest BCUT2D eigenvalue weighted by Gasteiger charge is 2.51. The molecule has 240 valence electrons. The van der Waals surface area contributed by atoms with Gasteiger partial charge in [0.25, 0.3) is 0 Å². The average Bonchev–Trinajstić information content (AvgIpc) is 3.80. The number of carbonyl (C=O) groups excluding carboxylic acids is 2. The summed E-state index contributed by atoms with van der Waals surface area (Å²) in [5.74, 6) is 1.45. The molecule has 7 rings (SSSR count). The van der Waals surface area contributed by atoms with Crippen LogP contribution in [0.1, 0.15) is 47.3 Å². The molecule has 1 aromatic carbocycles. The SMILES string of the molecule is Cc1ccc(C(=N)c2nc(N3CC[C@]4(CCN(CC(=O)N5CC=C(c6ccc(-c7ncn(C)n7)cc6)CC5)C4)C3=O)ccc2C)cn1. The molecule has 2 amide bonds. The van der Waals surface area contributed by atoms with Gasteiger partial charge < -0.3 is 4.90 Å². The molecule has 0 saturated carbocycles. The molecule has 4 aromatic rings. The minimum absolute atomic E-state index is 0.0636. The zero-order chi connectivity index (χ0) is 32.7. The summed E-state index contributed by atoms with van der Waals surface area (Å²) in [4.78, 5) is 46.5. The molecule has 1 spiro atoms. The van der Waals surface area contributed by atoms with E-state index >= 15 is 0 Å². The number of nitrogens with one attached hydrogen (secondary N) is 1. The fourth-order valence-corrected chi connectivity index (χ4v) is 6.94. The topological polar surface area (TPSA) is 124 Å². The molecule has 11 heteroatoms. The molecule has 0 bridgehead atoms. The molecule has 3 aliphatic heterocycles. The molecule has 0 aliphatic carbocycles. The van der Waals surface area contributed by atoms with Crippen LogP contribution in [0.4, 0.5) is 5.82 Å². The summed E-state index contributed by atoms with van der Waals surface area (Å²) >= 11 is 0. The average molecular weight is 630 g/mol. The highest BCUT2D eigenvalue weighted by atomic mass is 16.2. The molecule has 11 nitrogen and oxygen atoms in total. The van der Waals surface area contributed by atoms with Gasteiger partial charge in [-0.15, -0.1) is 0 Å². The second kappa shape index (κ2) is 12.3. The van der Waals surface area contributed by atoms with E-state index in [0.717, 1.165) is 48.2 Å². The number of hydrogen-bond acceptors (Lipinski definition) is 8. The van der Waals surface area contributed by atoms with Gasteiger partial charge in [-0.1, -0.05) is 36.4 Å². The van der Waals surface area contributed by atoms with Crippen molar-refractivity contribution in [2.45, 2.75) is 33.1 Å². The summed E-state index contributed by atoms with van der Waals surface area (Å²) in [5.41, 5.74) is 6.17. The van der Waals surface area contributed by atoms with Gasteiger partial charge in [0, 0.05) is 56.2 Å². The number of amides is 2. The van der Waals surface area contributed by atoms with Gasteiger partial charge >= 0.3 is 0 Å². The van der Waals surface area contributed by atoms with Crippen LogP contribution in [0.25, 0.3) is 17.0 Å². The maximum Gasteiger partial charge on any atom is 0.237 e. The summed E-state index contributed by atoms with van der Waals surface area (Å²) in [6, 6.07) is 15.8. The first-order valence-corrected chi connectivity index (χ1v) is 16.2. The molecule has 0 unspecified atom stereocenters. The fraction of sp³-hybridized carbons (Fsp3) is 0.361. The van der Waals surface area contributed by atoms with E-state index in [2.05, 4.69) is 38.2 Å². The van der Waals surface area contributed by atoms with Crippen molar-refractivity contribution in [1.29, 1.82) is 5.41 Å².